The molecule has 0 bridgehead atoms. The third-order valence-electron chi connectivity index (χ3n) is 5.14. The lowest BCUT2D eigenvalue weighted by Gasteiger charge is -2.19. The third kappa shape index (κ3) is 5.06. The van der Waals surface area contributed by atoms with Crippen LogP contribution in [0.15, 0.2) is 72.8 Å². The Bertz CT molecular complexity index is 1100. The first-order chi connectivity index (χ1) is 15.7. The summed E-state index contributed by atoms with van der Waals surface area (Å²) in [4.78, 5) is 24.3. The second-order valence-electron chi connectivity index (χ2n) is 7.23. The summed E-state index contributed by atoms with van der Waals surface area (Å²) in [5.41, 5.74) is 4.41. The van der Waals surface area contributed by atoms with Crippen molar-refractivity contribution in [3.8, 4) is 5.75 Å². The van der Waals surface area contributed by atoms with E-state index in [2.05, 4.69) is 22.8 Å². The lowest BCUT2D eigenvalue weighted by atomic mass is 9.98. The van der Waals surface area contributed by atoms with Crippen molar-refractivity contribution >= 4 is 29.4 Å². The highest BCUT2D eigenvalue weighted by Gasteiger charge is 2.26. The summed E-state index contributed by atoms with van der Waals surface area (Å²) in [6.07, 6.45) is 0. The van der Waals surface area contributed by atoms with E-state index < -0.39 is 0 Å². The molecular formula is C25H24N2O4S. The molecule has 3 aromatic rings. The summed E-state index contributed by atoms with van der Waals surface area (Å²) in [5, 5.41) is 5.68. The maximum Gasteiger partial charge on any atom is 0.337 e. The van der Waals surface area contributed by atoms with Gasteiger partial charge in [0.15, 0.2) is 0 Å². The van der Waals surface area contributed by atoms with Gasteiger partial charge in [0, 0.05) is 23.5 Å². The van der Waals surface area contributed by atoms with E-state index in [1.165, 1.54) is 7.11 Å². The number of ether oxygens (including phenoxy) is 2. The van der Waals surface area contributed by atoms with Crippen LogP contribution in [0, 0.1) is 0 Å². The van der Waals surface area contributed by atoms with E-state index in [1.54, 1.807) is 17.8 Å². The van der Waals surface area contributed by atoms with Gasteiger partial charge < -0.3 is 20.1 Å². The molecule has 2 amide bonds. The van der Waals surface area contributed by atoms with Gasteiger partial charge >= 0.3 is 12.0 Å². The van der Waals surface area contributed by atoms with Crippen LogP contribution in [-0.4, -0.2) is 31.4 Å². The van der Waals surface area contributed by atoms with E-state index in [4.69, 9.17) is 9.47 Å². The molecule has 2 N–H and O–H groups in total. The number of benzene rings is 3. The van der Waals surface area contributed by atoms with Crippen LogP contribution in [0.5, 0.6) is 5.75 Å². The lowest BCUT2D eigenvalue weighted by Crippen LogP contribution is -2.30. The smallest absolute Gasteiger partial charge is 0.337 e. The van der Waals surface area contributed by atoms with Crippen LogP contribution < -0.4 is 15.4 Å². The number of anilines is 1. The van der Waals surface area contributed by atoms with Crippen LogP contribution in [0.1, 0.15) is 32.3 Å². The molecule has 4 rings (SSSR count). The van der Waals surface area contributed by atoms with Crippen LogP contribution in [0.4, 0.5) is 10.5 Å². The molecule has 0 aromatic heterocycles. The van der Waals surface area contributed by atoms with Crippen molar-refractivity contribution in [1.82, 2.24) is 5.32 Å². The standard InChI is InChI=1S/C25H24N2O4S/c1-30-24(28)17-11-12-22-21(15-17)23(20-10-6-5-7-18(20)16-31-22)32-14-13-26-25(29)27-19-8-3-2-4-9-19/h2-12,15,23H,13-14,16H2,1H3,(H2,26,27,29). The number of carbonyl (C=O) groups excluding carboxylic acids is 2. The van der Waals surface area contributed by atoms with Crippen LogP contribution >= 0.6 is 11.8 Å². The first-order valence-electron chi connectivity index (χ1n) is 10.3. The Kier molecular flexibility index (Phi) is 6.97. The number of carbonyl (C=O) groups is 2. The fourth-order valence-corrected chi connectivity index (χ4v) is 4.82. The van der Waals surface area contributed by atoms with Crippen molar-refractivity contribution in [2.45, 2.75) is 11.9 Å². The van der Waals surface area contributed by atoms with Gasteiger partial charge in [0.05, 0.1) is 17.9 Å². The number of nitrogens with one attached hydrogen (secondary N) is 2. The van der Waals surface area contributed by atoms with Crippen LogP contribution in [-0.2, 0) is 11.3 Å². The molecular weight excluding hydrogens is 424 g/mol. The van der Waals surface area contributed by atoms with E-state index in [1.807, 2.05) is 54.6 Å². The van der Waals surface area contributed by atoms with Crippen molar-refractivity contribution in [3.63, 3.8) is 0 Å². The molecule has 0 spiro atoms. The number of methoxy groups -OCH3 is 1. The van der Waals surface area contributed by atoms with E-state index in [0.717, 1.165) is 28.1 Å². The number of fused-ring (bicyclic) bond motifs is 2. The molecule has 0 fully saturated rings. The van der Waals surface area contributed by atoms with Crippen LogP contribution in [0.25, 0.3) is 0 Å². The Balaban J connectivity index is 1.48. The molecule has 6 nitrogen and oxygen atoms in total. The van der Waals surface area contributed by atoms with Gasteiger partial charge in [-0.1, -0.05) is 42.5 Å². The highest BCUT2D eigenvalue weighted by atomic mass is 32.2. The van der Waals surface area contributed by atoms with Gasteiger partial charge in [0.2, 0.25) is 0 Å². The van der Waals surface area contributed by atoms with Crippen molar-refractivity contribution in [1.29, 1.82) is 0 Å². The molecule has 1 aliphatic rings. The molecule has 0 saturated carbocycles. The fourth-order valence-electron chi connectivity index (χ4n) is 3.59. The highest BCUT2D eigenvalue weighted by Crippen LogP contribution is 2.44. The van der Waals surface area contributed by atoms with E-state index in [0.29, 0.717) is 24.5 Å². The molecule has 0 aliphatic carbocycles. The topological polar surface area (TPSA) is 76.7 Å². The Morgan fingerprint density at radius 2 is 1.81 bits per heavy atom. The minimum absolute atomic E-state index is 0.0349. The van der Waals surface area contributed by atoms with Crippen LogP contribution in [0.3, 0.4) is 0 Å². The Morgan fingerprint density at radius 3 is 2.62 bits per heavy atom. The minimum Gasteiger partial charge on any atom is -0.489 e. The molecule has 1 atom stereocenters. The maximum absolute atomic E-state index is 12.2. The SMILES string of the molecule is COC(=O)c1ccc2c(c1)C(SCCNC(=O)Nc1ccccc1)c1ccccc1CO2. The molecule has 1 unspecified atom stereocenters. The number of hydrogen-bond acceptors (Lipinski definition) is 5. The van der Waals surface area contributed by atoms with Crippen molar-refractivity contribution in [3.05, 3.63) is 95.1 Å². The molecule has 164 valence electrons. The van der Waals surface area contributed by atoms with E-state index >= 15 is 0 Å². The molecule has 1 aliphatic heterocycles. The number of hydrogen-bond donors (Lipinski definition) is 2. The molecule has 0 radical (unpaired) electrons. The summed E-state index contributed by atoms with van der Waals surface area (Å²) < 4.78 is 10.9. The predicted molar refractivity (Wildman–Crippen MR) is 126 cm³/mol. The Labute approximate surface area is 191 Å². The normalized spacial score (nSPS) is 14.2. The average molecular weight is 449 g/mol. The second kappa shape index (κ2) is 10.2. The zero-order valence-corrected chi connectivity index (χ0v) is 18.5. The van der Waals surface area contributed by atoms with Crippen LogP contribution in [0.2, 0.25) is 0 Å². The van der Waals surface area contributed by atoms with Gasteiger partial charge in [-0.25, -0.2) is 9.59 Å². The number of urea groups is 1. The van der Waals surface area contributed by atoms with Gasteiger partial charge in [-0.2, -0.15) is 0 Å². The Morgan fingerprint density at radius 1 is 1.03 bits per heavy atom. The van der Waals surface area contributed by atoms with Gasteiger partial charge in [-0.3, -0.25) is 0 Å². The van der Waals surface area contributed by atoms with Crippen molar-refractivity contribution in [2.24, 2.45) is 0 Å². The predicted octanol–water partition coefficient (Wildman–Crippen LogP) is 5.01. The molecule has 0 saturated heterocycles. The number of para-hydroxylation sites is 1. The maximum atomic E-state index is 12.2. The van der Waals surface area contributed by atoms with Crippen molar-refractivity contribution in [2.75, 3.05) is 24.7 Å². The van der Waals surface area contributed by atoms with Gasteiger partial charge in [-0.05, 0) is 41.5 Å². The first-order valence-corrected chi connectivity index (χ1v) is 11.3. The summed E-state index contributed by atoms with van der Waals surface area (Å²) in [7, 11) is 1.37. The monoisotopic (exact) mass is 448 g/mol. The summed E-state index contributed by atoms with van der Waals surface area (Å²) >= 11 is 1.70. The highest BCUT2D eigenvalue weighted by molar-refractivity contribution is 7.99. The molecule has 3 aromatic carbocycles. The van der Waals surface area contributed by atoms with Gasteiger partial charge in [0.1, 0.15) is 12.4 Å². The quantitative estimate of drug-likeness (QED) is 0.410. The van der Waals surface area contributed by atoms with Gasteiger partial charge in [0.25, 0.3) is 0 Å². The number of esters is 1. The fraction of sp³-hybridized carbons (Fsp3) is 0.200. The summed E-state index contributed by atoms with van der Waals surface area (Å²) in [5.74, 6) is 1.05. The largest absolute Gasteiger partial charge is 0.489 e. The van der Waals surface area contributed by atoms with E-state index in [-0.39, 0.29) is 17.3 Å². The van der Waals surface area contributed by atoms with Crippen molar-refractivity contribution < 1.29 is 19.1 Å². The molecule has 32 heavy (non-hydrogen) atoms. The van der Waals surface area contributed by atoms with E-state index in [9.17, 15) is 9.59 Å². The number of rotatable bonds is 6. The second-order valence-corrected chi connectivity index (χ2v) is 8.44. The summed E-state index contributed by atoms with van der Waals surface area (Å²) in [6.45, 7) is 0.963. The zero-order valence-electron chi connectivity index (χ0n) is 17.7. The molecule has 7 heteroatoms. The molecule has 1 heterocycles. The average Bonchev–Trinajstić information content (AvgIpc) is 2.98. The number of amides is 2. The minimum atomic E-state index is -0.381. The van der Waals surface area contributed by atoms with Gasteiger partial charge in [-0.15, -0.1) is 11.8 Å². The summed E-state index contributed by atoms with van der Waals surface area (Å²) in [6, 6.07) is 22.6. The lowest BCUT2D eigenvalue weighted by molar-refractivity contribution is 0.0600. The number of thioether (sulfide) groups is 1. The Hall–Kier alpha value is -3.45. The first kappa shape index (κ1) is 21.8. The third-order valence-corrected chi connectivity index (χ3v) is 6.42. The zero-order chi connectivity index (χ0) is 22.3.